The van der Waals surface area contributed by atoms with Crippen LogP contribution in [0.25, 0.3) is 22.0 Å². The van der Waals surface area contributed by atoms with Gasteiger partial charge in [0, 0.05) is 48.4 Å². The molecule has 0 bridgehead atoms. The number of carbonyl (C=O) groups is 3. The molecule has 10 heteroatoms. The number of ether oxygens (including phenoxy) is 1. The van der Waals surface area contributed by atoms with Crippen LogP contribution in [0, 0.1) is 19.3 Å². The van der Waals surface area contributed by atoms with Crippen molar-refractivity contribution < 1.29 is 19.1 Å². The Morgan fingerprint density at radius 3 is 2.52 bits per heavy atom. The van der Waals surface area contributed by atoms with Crippen LogP contribution in [-0.2, 0) is 22.7 Å². The van der Waals surface area contributed by atoms with Gasteiger partial charge in [0.2, 0.25) is 11.8 Å². The molecule has 1 saturated heterocycles. The normalized spacial score (nSPS) is 20.8. The SMILES string of the molecule is COc1ccccc1CNC(=O)[C@@H]1C[C@@]2(C)C[C@H]2N1C(=O)Cn1nc(C(C)=O)c2cc(-c3cnc(C)nc3)cc(C)c21. The highest BCUT2D eigenvalue weighted by atomic mass is 16.5. The molecule has 2 aromatic heterocycles. The predicted molar refractivity (Wildman–Crippen MR) is 157 cm³/mol. The number of aromatic nitrogens is 4. The van der Waals surface area contributed by atoms with E-state index < -0.39 is 6.04 Å². The summed E-state index contributed by atoms with van der Waals surface area (Å²) in [6, 6.07) is 10.9. The number of amides is 2. The van der Waals surface area contributed by atoms with Crippen molar-refractivity contribution in [3.8, 4) is 16.9 Å². The number of para-hydroxylation sites is 1. The Hall–Kier alpha value is -4.60. The number of likely N-dealkylation sites (tertiary alicyclic amines) is 1. The van der Waals surface area contributed by atoms with Gasteiger partial charge in [-0.2, -0.15) is 5.10 Å². The maximum Gasteiger partial charge on any atom is 0.245 e. The third-order valence-electron chi connectivity index (χ3n) is 8.64. The van der Waals surface area contributed by atoms with Gasteiger partial charge in [-0.15, -0.1) is 0 Å². The van der Waals surface area contributed by atoms with Gasteiger partial charge in [-0.1, -0.05) is 25.1 Å². The molecule has 1 aliphatic heterocycles. The number of nitrogens with one attached hydrogen (secondary N) is 1. The van der Waals surface area contributed by atoms with Crippen LogP contribution < -0.4 is 10.1 Å². The standard InChI is InChI=1S/C32H34N6O4/c1-18-10-22(23-15-33-20(3)34-16-23)11-24-29(19(2)39)36-37(30(18)24)17-28(40)38-25(12-32(4)13-27(32)38)31(41)35-14-21-8-6-7-9-26(21)42-5/h6-11,15-16,25,27H,12-14,17H2,1-5H3,(H,35,41)/t25-,27+,32-/m0/s1. The lowest BCUT2D eigenvalue weighted by molar-refractivity contribution is -0.140. The van der Waals surface area contributed by atoms with Gasteiger partial charge in [-0.05, 0) is 61.4 Å². The molecular formula is C32H34N6O4. The van der Waals surface area contributed by atoms with E-state index in [9.17, 15) is 14.4 Å². The first kappa shape index (κ1) is 27.6. The zero-order valence-electron chi connectivity index (χ0n) is 24.5. The fourth-order valence-electron chi connectivity index (χ4n) is 6.33. The summed E-state index contributed by atoms with van der Waals surface area (Å²) < 4.78 is 7.03. The summed E-state index contributed by atoms with van der Waals surface area (Å²) in [5.74, 6) is 0.819. The third-order valence-corrected chi connectivity index (χ3v) is 8.64. The van der Waals surface area contributed by atoms with Crippen molar-refractivity contribution in [3.63, 3.8) is 0 Å². The monoisotopic (exact) mass is 566 g/mol. The molecule has 2 aliphatic rings. The Labute approximate surface area is 244 Å². The van der Waals surface area contributed by atoms with Crippen LogP contribution in [-0.4, -0.2) is 61.4 Å². The van der Waals surface area contributed by atoms with Crippen LogP contribution in [0.3, 0.4) is 0 Å². The number of hydrogen-bond acceptors (Lipinski definition) is 7. The van der Waals surface area contributed by atoms with Gasteiger partial charge in [-0.3, -0.25) is 19.1 Å². The van der Waals surface area contributed by atoms with Crippen LogP contribution in [0.15, 0.2) is 48.8 Å². The summed E-state index contributed by atoms with van der Waals surface area (Å²) in [5.41, 5.74) is 4.40. The number of hydrogen-bond donors (Lipinski definition) is 1. The second-order valence-electron chi connectivity index (χ2n) is 11.7. The molecule has 3 heterocycles. The van der Waals surface area contributed by atoms with Crippen LogP contribution >= 0.6 is 0 Å². The molecular weight excluding hydrogens is 532 g/mol. The Kier molecular flexibility index (Phi) is 6.79. The van der Waals surface area contributed by atoms with E-state index in [-0.39, 0.29) is 35.6 Å². The summed E-state index contributed by atoms with van der Waals surface area (Å²) in [6.45, 7) is 7.61. The average molecular weight is 567 g/mol. The van der Waals surface area contributed by atoms with Crippen LogP contribution in [0.1, 0.15) is 54.1 Å². The van der Waals surface area contributed by atoms with E-state index in [0.29, 0.717) is 35.6 Å². The Morgan fingerprint density at radius 2 is 1.81 bits per heavy atom. The lowest BCUT2D eigenvalue weighted by Gasteiger charge is -2.27. The number of fused-ring (bicyclic) bond motifs is 2. The van der Waals surface area contributed by atoms with Crippen molar-refractivity contribution in [2.45, 2.75) is 65.7 Å². The number of piperidine rings is 1. The first-order valence-electron chi connectivity index (χ1n) is 14.1. The zero-order chi connectivity index (χ0) is 29.8. The van der Waals surface area contributed by atoms with E-state index in [4.69, 9.17) is 4.74 Å². The van der Waals surface area contributed by atoms with Crippen LogP contribution in [0.5, 0.6) is 5.75 Å². The number of nitrogens with zero attached hydrogens (tertiary/aromatic N) is 5. The number of rotatable bonds is 8. The Morgan fingerprint density at radius 1 is 1.07 bits per heavy atom. The summed E-state index contributed by atoms with van der Waals surface area (Å²) in [4.78, 5) is 50.3. The van der Waals surface area contributed by atoms with Crippen molar-refractivity contribution in [2.24, 2.45) is 5.41 Å². The lowest BCUT2D eigenvalue weighted by Crippen LogP contribution is -2.48. The zero-order valence-corrected chi connectivity index (χ0v) is 24.5. The van der Waals surface area contributed by atoms with Gasteiger partial charge in [0.15, 0.2) is 5.78 Å². The Balaban J connectivity index is 1.27. The second kappa shape index (κ2) is 10.3. The molecule has 2 aromatic carbocycles. The highest BCUT2D eigenvalue weighted by molar-refractivity contribution is 6.07. The third kappa shape index (κ3) is 4.80. The molecule has 0 unspecified atom stereocenters. The smallest absolute Gasteiger partial charge is 0.245 e. The topological polar surface area (TPSA) is 119 Å². The number of ketones is 1. The molecule has 2 amide bonds. The van der Waals surface area contributed by atoms with E-state index in [1.54, 1.807) is 29.1 Å². The molecule has 42 heavy (non-hydrogen) atoms. The molecule has 10 nitrogen and oxygen atoms in total. The van der Waals surface area contributed by atoms with Crippen molar-refractivity contribution in [1.29, 1.82) is 0 Å². The minimum absolute atomic E-state index is 0.00959. The number of benzene rings is 2. The molecule has 0 spiro atoms. The van der Waals surface area contributed by atoms with Crippen LogP contribution in [0.2, 0.25) is 0 Å². The highest BCUT2D eigenvalue weighted by Crippen LogP contribution is 2.59. The first-order valence-corrected chi connectivity index (χ1v) is 14.1. The van der Waals surface area contributed by atoms with Gasteiger partial charge in [0.1, 0.15) is 29.9 Å². The molecule has 216 valence electrons. The minimum atomic E-state index is -0.570. The van der Waals surface area contributed by atoms with Crippen molar-refractivity contribution in [2.75, 3.05) is 7.11 Å². The largest absolute Gasteiger partial charge is 0.496 e. The molecule has 1 saturated carbocycles. The predicted octanol–water partition coefficient (Wildman–Crippen LogP) is 4.02. The fraction of sp³-hybridized carbons (Fsp3) is 0.375. The quantitative estimate of drug-likeness (QED) is 0.320. The molecule has 0 radical (unpaired) electrons. The van der Waals surface area contributed by atoms with Gasteiger partial charge in [-0.25, -0.2) is 9.97 Å². The lowest BCUT2D eigenvalue weighted by atomic mass is 10.0. The van der Waals surface area contributed by atoms with Crippen molar-refractivity contribution in [1.82, 2.24) is 30.0 Å². The molecule has 2 fully saturated rings. The fourth-order valence-corrected chi connectivity index (χ4v) is 6.33. The summed E-state index contributed by atoms with van der Waals surface area (Å²) >= 11 is 0. The average Bonchev–Trinajstić information content (AvgIpc) is 3.32. The molecule has 4 aromatic rings. The van der Waals surface area contributed by atoms with Crippen molar-refractivity contribution >= 4 is 28.5 Å². The maximum absolute atomic E-state index is 13.9. The minimum Gasteiger partial charge on any atom is -0.496 e. The van der Waals surface area contributed by atoms with E-state index in [1.165, 1.54) is 6.92 Å². The van der Waals surface area contributed by atoms with Gasteiger partial charge in [0.25, 0.3) is 0 Å². The highest BCUT2D eigenvalue weighted by Gasteiger charge is 2.64. The van der Waals surface area contributed by atoms with Gasteiger partial charge in [0.05, 0.1) is 12.6 Å². The van der Waals surface area contributed by atoms with Gasteiger partial charge >= 0.3 is 0 Å². The van der Waals surface area contributed by atoms with E-state index >= 15 is 0 Å². The number of carbonyl (C=O) groups excluding carboxylic acids is 3. The summed E-state index contributed by atoms with van der Waals surface area (Å²) in [5, 5.41) is 8.30. The molecule has 1 N–H and O–H groups in total. The summed E-state index contributed by atoms with van der Waals surface area (Å²) in [6.07, 6.45) is 4.99. The molecule has 6 rings (SSSR count). The van der Waals surface area contributed by atoms with Crippen molar-refractivity contribution in [3.05, 3.63) is 71.4 Å². The van der Waals surface area contributed by atoms with E-state index in [1.807, 2.05) is 50.2 Å². The second-order valence-corrected chi connectivity index (χ2v) is 11.7. The first-order chi connectivity index (χ1) is 20.1. The maximum atomic E-state index is 13.9. The van der Waals surface area contributed by atoms with Gasteiger partial charge < -0.3 is 15.0 Å². The molecule has 1 aliphatic carbocycles. The molecule has 3 atom stereocenters. The number of aryl methyl sites for hydroxylation is 2. The van der Waals surface area contributed by atoms with E-state index in [0.717, 1.165) is 34.2 Å². The number of methoxy groups -OCH3 is 1. The van der Waals surface area contributed by atoms with Crippen LogP contribution in [0.4, 0.5) is 0 Å². The number of Topliss-reactive ketones (excluding diaryl/α,β-unsaturated/α-hetero) is 1. The van der Waals surface area contributed by atoms with E-state index in [2.05, 4.69) is 27.3 Å². The summed E-state index contributed by atoms with van der Waals surface area (Å²) in [7, 11) is 1.60. The Bertz CT molecular complexity index is 1730.